The second-order valence-corrected chi connectivity index (χ2v) is 9.40. The number of rotatable bonds is 6. The van der Waals surface area contributed by atoms with Gasteiger partial charge in [-0.15, -0.1) is 0 Å². The van der Waals surface area contributed by atoms with E-state index >= 15 is 0 Å². The number of amides is 1. The quantitative estimate of drug-likeness (QED) is 0.506. The summed E-state index contributed by atoms with van der Waals surface area (Å²) in [5.41, 5.74) is 0.492. The van der Waals surface area contributed by atoms with Crippen molar-refractivity contribution in [3.63, 3.8) is 0 Å². The number of nitrogens with zero attached hydrogens (tertiary/aromatic N) is 2. The minimum Gasteiger partial charge on any atom is -0.497 e. The molecule has 8 nitrogen and oxygen atoms in total. The summed E-state index contributed by atoms with van der Waals surface area (Å²) >= 11 is 5.84. The first-order valence-electron chi connectivity index (χ1n) is 8.78. The smallest absolute Gasteiger partial charge is 0.288 e. The summed E-state index contributed by atoms with van der Waals surface area (Å²) in [5.74, 6) is 0.0427. The number of hydrogen-bond acceptors (Lipinski definition) is 6. The van der Waals surface area contributed by atoms with E-state index in [1.807, 2.05) is 0 Å². The summed E-state index contributed by atoms with van der Waals surface area (Å²) in [5, 5.41) is 11.1. The second-order valence-electron chi connectivity index (χ2n) is 6.76. The highest BCUT2D eigenvalue weighted by Gasteiger charge is 2.35. The Kier molecular flexibility index (Phi) is 6.09. The molecule has 3 rings (SSSR count). The number of carbonyl (C=O) groups excluding carboxylic acids is 1. The van der Waals surface area contributed by atoms with E-state index in [2.05, 4.69) is 0 Å². The summed E-state index contributed by atoms with van der Waals surface area (Å²) < 4.78 is 29.1. The predicted molar refractivity (Wildman–Crippen MR) is 108 cm³/mol. The first-order valence-corrected chi connectivity index (χ1v) is 11.0. The van der Waals surface area contributed by atoms with Crippen LogP contribution in [0.2, 0.25) is 5.02 Å². The van der Waals surface area contributed by atoms with Crippen molar-refractivity contribution in [3.8, 4) is 5.75 Å². The molecule has 10 heteroatoms. The van der Waals surface area contributed by atoms with Crippen molar-refractivity contribution in [2.45, 2.75) is 19.0 Å². The summed E-state index contributed by atoms with van der Waals surface area (Å²) in [7, 11) is -1.69. The van der Waals surface area contributed by atoms with Crippen LogP contribution in [0.15, 0.2) is 42.5 Å². The van der Waals surface area contributed by atoms with Crippen LogP contribution in [-0.2, 0) is 16.4 Å². The third-order valence-corrected chi connectivity index (χ3v) is 6.88. The zero-order valence-electron chi connectivity index (χ0n) is 15.6. The molecule has 2 aromatic rings. The number of nitro groups is 1. The highest BCUT2D eigenvalue weighted by molar-refractivity contribution is 7.91. The van der Waals surface area contributed by atoms with Crippen molar-refractivity contribution in [3.05, 3.63) is 68.7 Å². The maximum absolute atomic E-state index is 13.2. The molecule has 0 radical (unpaired) electrons. The van der Waals surface area contributed by atoms with E-state index in [4.69, 9.17) is 16.3 Å². The zero-order valence-corrected chi connectivity index (χ0v) is 17.1. The number of ether oxygens (including phenoxy) is 1. The minimum atomic E-state index is -3.23. The Morgan fingerprint density at radius 1 is 1.28 bits per heavy atom. The lowest BCUT2D eigenvalue weighted by Crippen LogP contribution is -2.40. The van der Waals surface area contributed by atoms with Crippen molar-refractivity contribution in [2.24, 2.45) is 0 Å². The van der Waals surface area contributed by atoms with Gasteiger partial charge in [-0.2, -0.15) is 0 Å². The standard InChI is InChI=1S/C19H19ClN2O6S/c1-28-16-5-2-13(3-6-16)11-21(15-8-9-29(26,27)12-15)19(23)14-4-7-17(20)18(10-14)22(24)25/h2-7,10,15H,8-9,11-12H2,1H3/t15-/m0/s1. The van der Waals surface area contributed by atoms with E-state index in [-0.39, 0.29) is 34.3 Å². The fourth-order valence-electron chi connectivity index (χ4n) is 3.27. The molecule has 1 fully saturated rings. The van der Waals surface area contributed by atoms with Crippen LogP contribution < -0.4 is 4.74 Å². The van der Waals surface area contributed by atoms with Gasteiger partial charge in [-0.1, -0.05) is 23.7 Å². The summed E-state index contributed by atoms with van der Waals surface area (Å²) in [6, 6.07) is 10.4. The number of halogens is 1. The molecule has 1 heterocycles. The third-order valence-electron chi connectivity index (χ3n) is 4.81. The van der Waals surface area contributed by atoms with E-state index in [0.29, 0.717) is 12.2 Å². The van der Waals surface area contributed by atoms with Crippen LogP contribution in [0.3, 0.4) is 0 Å². The van der Waals surface area contributed by atoms with Crippen molar-refractivity contribution in [1.82, 2.24) is 4.90 Å². The summed E-state index contributed by atoms with van der Waals surface area (Å²) in [6.45, 7) is 0.166. The molecule has 1 atom stereocenters. The number of nitro benzene ring substituents is 1. The molecule has 154 valence electrons. The van der Waals surface area contributed by atoms with Gasteiger partial charge in [0.25, 0.3) is 11.6 Å². The van der Waals surface area contributed by atoms with Gasteiger partial charge < -0.3 is 9.64 Å². The molecule has 29 heavy (non-hydrogen) atoms. The Bertz CT molecular complexity index is 1040. The fourth-order valence-corrected chi connectivity index (χ4v) is 5.18. The van der Waals surface area contributed by atoms with Gasteiger partial charge in [0.05, 0.1) is 23.5 Å². The van der Waals surface area contributed by atoms with Crippen LogP contribution in [0.1, 0.15) is 22.3 Å². The molecule has 0 N–H and O–H groups in total. The number of sulfone groups is 1. The normalized spacial score (nSPS) is 17.7. The van der Waals surface area contributed by atoms with Gasteiger partial charge in [-0.3, -0.25) is 14.9 Å². The molecule has 0 aromatic heterocycles. The molecule has 0 aliphatic carbocycles. The number of hydrogen-bond donors (Lipinski definition) is 0. The zero-order chi connectivity index (χ0) is 21.2. The first-order chi connectivity index (χ1) is 13.7. The Hall–Kier alpha value is -2.65. The Morgan fingerprint density at radius 2 is 1.97 bits per heavy atom. The van der Waals surface area contributed by atoms with E-state index in [1.165, 1.54) is 17.0 Å². The van der Waals surface area contributed by atoms with Crippen molar-refractivity contribution in [1.29, 1.82) is 0 Å². The molecule has 1 amide bonds. The largest absolute Gasteiger partial charge is 0.497 e. The highest BCUT2D eigenvalue weighted by atomic mass is 35.5. The lowest BCUT2D eigenvalue weighted by molar-refractivity contribution is -0.384. The minimum absolute atomic E-state index is 0.00479. The van der Waals surface area contributed by atoms with Gasteiger partial charge in [-0.05, 0) is 36.2 Å². The molecule has 0 saturated carbocycles. The average Bonchev–Trinajstić information content (AvgIpc) is 3.05. The molecule has 2 aromatic carbocycles. The molecule has 0 bridgehead atoms. The Balaban J connectivity index is 1.94. The van der Waals surface area contributed by atoms with E-state index in [9.17, 15) is 23.3 Å². The van der Waals surface area contributed by atoms with E-state index in [0.717, 1.165) is 11.6 Å². The van der Waals surface area contributed by atoms with Crippen LogP contribution in [0.25, 0.3) is 0 Å². The summed E-state index contributed by atoms with van der Waals surface area (Å²) in [6.07, 6.45) is 0.319. The molecule has 1 aliphatic rings. The molecular formula is C19H19ClN2O6S. The van der Waals surface area contributed by atoms with Gasteiger partial charge in [0.15, 0.2) is 9.84 Å². The molecule has 1 aliphatic heterocycles. The van der Waals surface area contributed by atoms with Gasteiger partial charge in [0, 0.05) is 24.2 Å². The number of benzene rings is 2. The van der Waals surface area contributed by atoms with Gasteiger partial charge in [-0.25, -0.2) is 8.42 Å². The molecule has 1 saturated heterocycles. The molecular weight excluding hydrogens is 420 g/mol. The monoisotopic (exact) mass is 438 g/mol. The van der Waals surface area contributed by atoms with E-state index in [1.54, 1.807) is 31.4 Å². The highest BCUT2D eigenvalue weighted by Crippen LogP contribution is 2.28. The summed E-state index contributed by atoms with van der Waals surface area (Å²) in [4.78, 5) is 25.2. The van der Waals surface area contributed by atoms with E-state index < -0.39 is 26.7 Å². The van der Waals surface area contributed by atoms with Gasteiger partial charge >= 0.3 is 0 Å². The topological polar surface area (TPSA) is 107 Å². The average molecular weight is 439 g/mol. The van der Waals surface area contributed by atoms with Crippen molar-refractivity contribution < 1.29 is 22.9 Å². The van der Waals surface area contributed by atoms with Crippen molar-refractivity contribution in [2.75, 3.05) is 18.6 Å². The van der Waals surface area contributed by atoms with Crippen LogP contribution in [0.5, 0.6) is 5.75 Å². The second kappa shape index (κ2) is 8.38. The van der Waals surface area contributed by atoms with Crippen molar-refractivity contribution >= 4 is 33.0 Å². The maximum atomic E-state index is 13.2. The Morgan fingerprint density at radius 3 is 2.52 bits per heavy atom. The Labute approximate surface area is 173 Å². The number of carbonyl (C=O) groups is 1. The first kappa shape index (κ1) is 21.1. The lowest BCUT2D eigenvalue weighted by Gasteiger charge is -2.28. The van der Waals surface area contributed by atoms with Crippen LogP contribution in [-0.4, -0.2) is 48.8 Å². The third kappa shape index (κ3) is 4.86. The lowest BCUT2D eigenvalue weighted by atomic mass is 10.1. The van der Waals surface area contributed by atoms with Crippen LogP contribution in [0, 0.1) is 10.1 Å². The SMILES string of the molecule is COc1ccc(CN(C(=O)c2ccc(Cl)c([N+](=O)[O-])c2)[C@H]2CCS(=O)(=O)C2)cc1. The van der Waals surface area contributed by atoms with Crippen LogP contribution >= 0.6 is 11.6 Å². The predicted octanol–water partition coefficient (Wildman–Crippen LogP) is 3.09. The van der Waals surface area contributed by atoms with Gasteiger partial charge in [0.2, 0.25) is 0 Å². The molecule has 0 unspecified atom stereocenters. The maximum Gasteiger partial charge on any atom is 0.288 e. The fraction of sp³-hybridized carbons (Fsp3) is 0.316. The van der Waals surface area contributed by atoms with Gasteiger partial charge in [0.1, 0.15) is 10.8 Å². The molecule has 0 spiro atoms. The van der Waals surface area contributed by atoms with Crippen LogP contribution in [0.4, 0.5) is 5.69 Å². The number of methoxy groups -OCH3 is 1.